The maximum atomic E-state index is 12.2. The summed E-state index contributed by atoms with van der Waals surface area (Å²) in [6, 6.07) is 8.62. The maximum Gasteiger partial charge on any atom is 0.256 e. The molecule has 1 aliphatic rings. The smallest absolute Gasteiger partial charge is 0.256 e. The van der Waals surface area contributed by atoms with Gasteiger partial charge in [0.15, 0.2) is 11.5 Å². The molecule has 1 amide bonds. The molecule has 0 aliphatic carbocycles. The minimum Gasteiger partial charge on any atom is -0.454 e. The molecule has 0 spiro atoms. The summed E-state index contributed by atoms with van der Waals surface area (Å²) in [5.74, 6) is 1.41. The number of aromatic nitrogens is 1. The molecule has 1 aromatic carbocycles. The number of anilines is 1. The van der Waals surface area contributed by atoms with Crippen molar-refractivity contribution in [3.8, 4) is 11.5 Å². The first-order valence-corrected chi connectivity index (χ1v) is 6.13. The van der Waals surface area contributed by atoms with Crippen LogP contribution in [0.15, 0.2) is 36.5 Å². The Labute approximate surface area is 115 Å². The molecule has 20 heavy (non-hydrogen) atoms. The molecular formula is C14H13N3O3. The number of nitrogens with one attached hydrogen (secondary N) is 1. The zero-order valence-electron chi connectivity index (χ0n) is 10.6. The lowest BCUT2D eigenvalue weighted by Crippen LogP contribution is -2.15. The lowest BCUT2D eigenvalue weighted by Gasteiger charge is -2.08. The van der Waals surface area contributed by atoms with Crippen molar-refractivity contribution in [1.29, 1.82) is 0 Å². The first-order chi connectivity index (χ1) is 9.78. The van der Waals surface area contributed by atoms with Crippen molar-refractivity contribution in [2.75, 3.05) is 12.1 Å². The number of benzene rings is 1. The van der Waals surface area contributed by atoms with E-state index in [0.717, 1.165) is 5.56 Å². The molecule has 0 saturated heterocycles. The Balaban J connectivity index is 1.83. The molecule has 102 valence electrons. The van der Waals surface area contributed by atoms with Crippen LogP contribution in [-0.4, -0.2) is 17.7 Å². The van der Waals surface area contributed by atoms with E-state index in [4.69, 9.17) is 15.2 Å². The third kappa shape index (κ3) is 2.28. The van der Waals surface area contributed by atoms with Crippen LogP contribution < -0.4 is 20.5 Å². The normalized spacial score (nSPS) is 12.2. The van der Waals surface area contributed by atoms with E-state index in [1.54, 1.807) is 30.5 Å². The van der Waals surface area contributed by atoms with Crippen LogP contribution in [0.25, 0.3) is 0 Å². The van der Waals surface area contributed by atoms with Gasteiger partial charge in [-0.25, -0.2) is 4.98 Å². The van der Waals surface area contributed by atoms with Crippen molar-refractivity contribution in [1.82, 2.24) is 4.98 Å². The number of carbonyl (C=O) groups is 1. The lowest BCUT2D eigenvalue weighted by atomic mass is 10.2. The van der Waals surface area contributed by atoms with Gasteiger partial charge in [0.25, 0.3) is 5.91 Å². The number of rotatable bonds is 3. The molecule has 2 heterocycles. The van der Waals surface area contributed by atoms with E-state index in [0.29, 0.717) is 29.4 Å². The number of hydrogen-bond acceptors (Lipinski definition) is 5. The van der Waals surface area contributed by atoms with Gasteiger partial charge in [-0.3, -0.25) is 4.79 Å². The first kappa shape index (κ1) is 12.4. The third-order valence-corrected chi connectivity index (χ3v) is 2.98. The molecule has 1 aromatic heterocycles. The average molecular weight is 271 g/mol. The molecule has 1 aliphatic heterocycles. The highest BCUT2D eigenvalue weighted by Crippen LogP contribution is 2.32. The highest BCUT2D eigenvalue weighted by molar-refractivity contribution is 6.04. The van der Waals surface area contributed by atoms with E-state index in [-0.39, 0.29) is 12.7 Å². The van der Waals surface area contributed by atoms with Crippen LogP contribution in [0.3, 0.4) is 0 Å². The van der Waals surface area contributed by atoms with Gasteiger partial charge in [-0.15, -0.1) is 0 Å². The monoisotopic (exact) mass is 271 g/mol. The number of pyridine rings is 1. The SMILES string of the molecule is NCc1cccnc1NC(=O)c1ccc2c(c1)OCO2. The molecule has 0 atom stereocenters. The number of carbonyl (C=O) groups excluding carboxylic acids is 1. The molecule has 6 nitrogen and oxygen atoms in total. The minimum atomic E-state index is -0.267. The molecule has 0 bridgehead atoms. The quantitative estimate of drug-likeness (QED) is 0.883. The van der Waals surface area contributed by atoms with Crippen LogP contribution in [-0.2, 0) is 6.54 Å². The van der Waals surface area contributed by atoms with Gasteiger partial charge in [0, 0.05) is 23.9 Å². The standard InChI is InChI=1S/C14H13N3O3/c15-7-10-2-1-5-16-13(10)17-14(18)9-3-4-11-12(6-9)20-8-19-11/h1-6H,7-8,15H2,(H,16,17,18). The Hall–Kier alpha value is -2.60. The summed E-state index contributed by atoms with van der Waals surface area (Å²) in [5.41, 5.74) is 6.87. The van der Waals surface area contributed by atoms with E-state index in [1.807, 2.05) is 6.07 Å². The molecule has 6 heteroatoms. The molecule has 0 radical (unpaired) electrons. The lowest BCUT2D eigenvalue weighted by molar-refractivity contribution is 0.102. The second-order valence-corrected chi connectivity index (χ2v) is 4.24. The first-order valence-electron chi connectivity index (χ1n) is 6.13. The van der Waals surface area contributed by atoms with Gasteiger partial charge < -0.3 is 20.5 Å². The third-order valence-electron chi connectivity index (χ3n) is 2.98. The number of nitrogens with zero attached hydrogens (tertiary/aromatic N) is 1. The van der Waals surface area contributed by atoms with E-state index >= 15 is 0 Å². The number of ether oxygens (including phenoxy) is 2. The summed E-state index contributed by atoms with van der Waals surface area (Å²) < 4.78 is 10.5. The number of amides is 1. The van der Waals surface area contributed by atoms with Gasteiger partial charge in [0.2, 0.25) is 6.79 Å². The molecule has 0 unspecified atom stereocenters. The summed E-state index contributed by atoms with van der Waals surface area (Å²) in [5, 5.41) is 2.74. The van der Waals surface area contributed by atoms with Crippen LogP contribution in [0.4, 0.5) is 5.82 Å². The van der Waals surface area contributed by atoms with Crippen molar-refractivity contribution in [2.24, 2.45) is 5.73 Å². The van der Waals surface area contributed by atoms with E-state index < -0.39 is 0 Å². The Bertz CT molecular complexity index is 658. The topological polar surface area (TPSA) is 86.5 Å². The Morgan fingerprint density at radius 1 is 1.30 bits per heavy atom. The van der Waals surface area contributed by atoms with Crippen molar-refractivity contribution in [3.63, 3.8) is 0 Å². The Kier molecular flexibility index (Phi) is 3.22. The van der Waals surface area contributed by atoms with E-state index in [2.05, 4.69) is 10.3 Å². The van der Waals surface area contributed by atoms with Gasteiger partial charge in [-0.1, -0.05) is 6.07 Å². The predicted molar refractivity (Wildman–Crippen MR) is 72.6 cm³/mol. The second-order valence-electron chi connectivity index (χ2n) is 4.24. The zero-order valence-corrected chi connectivity index (χ0v) is 10.6. The van der Waals surface area contributed by atoms with Crippen LogP contribution in [0.5, 0.6) is 11.5 Å². The fourth-order valence-electron chi connectivity index (χ4n) is 1.93. The number of nitrogens with two attached hydrogens (primary N) is 1. The molecule has 3 N–H and O–H groups in total. The van der Waals surface area contributed by atoms with Crippen molar-refractivity contribution >= 4 is 11.7 Å². The van der Waals surface area contributed by atoms with Gasteiger partial charge in [-0.05, 0) is 24.3 Å². The summed E-state index contributed by atoms with van der Waals surface area (Å²) in [4.78, 5) is 16.3. The minimum absolute atomic E-state index is 0.179. The Morgan fingerprint density at radius 3 is 3.00 bits per heavy atom. The number of hydrogen-bond donors (Lipinski definition) is 2. The van der Waals surface area contributed by atoms with Crippen LogP contribution >= 0.6 is 0 Å². The van der Waals surface area contributed by atoms with Crippen molar-refractivity contribution in [2.45, 2.75) is 6.54 Å². The number of fused-ring (bicyclic) bond motifs is 1. The molecule has 0 saturated carbocycles. The Morgan fingerprint density at radius 2 is 2.15 bits per heavy atom. The fourth-order valence-corrected chi connectivity index (χ4v) is 1.93. The summed E-state index contributed by atoms with van der Waals surface area (Å²) in [6.45, 7) is 0.489. The summed E-state index contributed by atoms with van der Waals surface area (Å²) >= 11 is 0. The molecule has 2 aromatic rings. The molecular weight excluding hydrogens is 258 g/mol. The summed E-state index contributed by atoms with van der Waals surface area (Å²) in [6.07, 6.45) is 1.61. The predicted octanol–water partition coefficient (Wildman–Crippen LogP) is 1.52. The largest absolute Gasteiger partial charge is 0.454 e. The highest BCUT2D eigenvalue weighted by atomic mass is 16.7. The van der Waals surface area contributed by atoms with Gasteiger partial charge >= 0.3 is 0 Å². The summed E-state index contributed by atoms with van der Waals surface area (Å²) in [7, 11) is 0. The van der Waals surface area contributed by atoms with Crippen LogP contribution in [0.1, 0.15) is 15.9 Å². The second kappa shape index (κ2) is 5.18. The van der Waals surface area contributed by atoms with Crippen molar-refractivity contribution < 1.29 is 14.3 Å². The van der Waals surface area contributed by atoms with E-state index in [9.17, 15) is 4.79 Å². The fraction of sp³-hybridized carbons (Fsp3) is 0.143. The zero-order chi connectivity index (χ0) is 13.9. The van der Waals surface area contributed by atoms with Crippen molar-refractivity contribution in [3.05, 3.63) is 47.7 Å². The van der Waals surface area contributed by atoms with Gasteiger partial charge in [0.05, 0.1) is 0 Å². The van der Waals surface area contributed by atoms with Gasteiger partial charge in [0.1, 0.15) is 5.82 Å². The molecule has 0 fully saturated rings. The van der Waals surface area contributed by atoms with Crippen LogP contribution in [0, 0.1) is 0 Å². The van der Waals surface area contributed by atoms with E-state index in [1.165, 1.54) is 0 Å². The maximum absolute atomic E-state index is 12.2. The van der Waals surface area contributed by atoms with Crippen LogP contribution in [0.2, 0.25) is 0 Å². The molecule has 3 rings (SSSR count). The van der Waals surface area contributed by atoms with Gasteiger partial charge in [-0.2, -0.15) is 0 Å². The average Bonchev–Trinajstić information content (AvgIpc) is 2.95. The highest BCUT2D eigenvalue weighted by Gasteiger charge is 2.17.